The zero-order chi connectivity index (χ0) is 18.4. The summed E-state index contributed by atoms with van der Waals surface area (Å²) in [6, 6.07) is 3.97. The Kier molecular flexibility index (Phi) is 4.54. The van der Waals surface area contributed by atoms with Crippen molar-refractivity contribution in [2.24, 2.45) is 7.05 Å². The molecule has 0 radical (unpaired) electrons. The summed E-state index contributed by atoms with van der Waals surface area (Å²) >= 11 is 5.94. The molecule has 0 N–H and O–H groups in total. The minimum atomic E-state index is -4.56. The van der Waals surface area contributed by atoms with E-state index in [1.807, 2.05) is 0 Å². The van der Waals surface area contributed by atoms with Gasteiger partial charge < -0.3 is 4.57 Å². The van der Waals surface area contributed by atoms with Gasteiger partial charge in [0.2, 0.25) is 0 Å². The van der Waals surface area contributed by atoms with Gasteiger partial charge in [-0.1, -0.05) is 18.5 Å². The van der Waals surface area contributed by atoms with Gasteiger partial charge >= 0.3 is 6.18 Å². The zero-order valence-electron chi connectivity index (χ0n) is 13.1. The first kappa shape index (κ1) is 17.8. The number of imidazole rings is 1. The summed E-state index contributed by atoms with van der Waals surface area (Å²) in [7, 11) is 0.297. The molecule has 5 nitrogen and oxygen atoms in total. The number of alkyl halides is 3. The van der Waals surface area contributed by atoms with Crippen LogP contribution >= 0.6 is 11.6 Å². The van der Waals surface area contributed by atoms with Gasteiger partial charge in [-0.2, -0.15) is 13.2 Å². The Morgan fingerprint density at radius 2 is 2.00 bits per heavy atom. The monoisotopic (exact) mass is 388 g/mol. The van der Waals surface area contributed by atoms with Crippen LogP contribution in [0.3, 0.4) is 0 Å². The van der Waals surface area contributed by atoms with Crippen molar-refractivity contribution in [1.82, 2.24) is 19.5 Å². The summed E-state index contributed by atoms with van der Waals surface area (Å²) < 4.78 is 52.4. The van der Waals surface area contributed by atoms with Gasteiger partial charge in [-0.25, -0.2) is 15.0 Å². The fraction of sp³-hybridized carbons (Fsp3) is 0.267. The normalized spacial score (nSPS) is 13.4. The zero-order valence-corrected chi connectivity index (χ0v) is 14.7. The molecule has 0 aliphatic heterocycles. The van der Waals surface area contributed by atoms with E-state index in [-0.39, 0.29) is 22.2 Å². The Morgan fingerprint density at radius 1 is 1.28 bits per heavy atom. The third-order valence-corrected chi connectivity index (χ3v) is 5.16. The second-order valence-corrected chi connectivity index (χ2v) is 7.26. The average molecular weight is 389 g/mol. The van der Waals surface area contributed by atoms with Gasteiger partial charge in [0.15, 0.2) is 5.82 Å². The van der Waals surface area contributed by atoms with Gasteiger partial charge in [0.25, 0.3) is 0 Å². The summed E-state index contributed by atoms with van der Waals surface area (Å²) in [6.07, 6.45) is -3.45. The summed E-state index contributed by atoms with van der Waals surface area (Å²) in [5.41, 5.74) is -0.228. The lowest BCUT2D eigenvalue weighted by Gasteiger charge is -2.08. The lowest BCUT2D eigenvalue weighted by atomic mass is 10.3. The van der Waals surface area contributed by atoms with E-state index in [2.05, 4.69) is 15.0 Å². The minimum absolute atomic E-state index is 0.120. The molecule has 3 heterocycles. The predicted octanol–water partition coefficient (Wildman–Crippen LogP) is 3.83. The highest BCUT2D eigenvalue weighted by Gasteiger charge is 2.33. The largest absolute Gasteiger partial charge is 0.433 e. The highest BCUT2D eigenvalue weighted by atomic mass is 35.5. The lowest BCUT2D eigenvalue weighted by molar-refractivity contribution is -0.141. The second kappa shape index (κ2) is 6.38. The summed E-state index contributed by atoms with van der Waals surface area (Å²) in [5.74, 6) is 0.635. The molecule has 0 aliphatic carbocycles. The fourth-order valence-electron chi connectivity index (χ4n) is 2.38. The molecule has 0 bridgehead atoms. The van der Waals surface area contributed by atoms with Crippen LogP contribution in [0.4, 0.5) is 13.2 Å². The first-order valence-corrected chi connectivity index (χ1v) is 8.87. The number of fused-ring (bicyclic) bond motifs is 1. The van der Waals surface area contributed by atoms with Crippen LogP contribution < -0.4 is 0 Å². The third-order valence-electron chi connectivity index (χ3n) is 3.60. The van der Waals surface area contributed by atoms with Crippen LogP contribution in [0.5, 0.6) is 0 Å². The Labute approximate surface area is 148 Å². The van der Waals surface area contributed by atoms with Crippen LogP contribution in [0, 0.1) is 0 Å². The van der Waals surface area contributed by atoms with E-state index >= 15 is 0 Å². The van der Waals surface area contributed by atoms with Crippen LogP contribution in [0.25, 0.3) is 22.6 Å². The second-order valence-electron chi connectivity index (χ2n) is 5.17. The summed E-state index contributed by atoms with van der Waals surface area (Å²) in [4.78, 5) is 12.3. The molecule has 0 amide bonds. The van der Waals surface area contributed by atoms with Crippen LogP contribution in [0.15, 0.2) is 29.3 Å². The fourth-order valence-corrected chi connectivity index (χ4v) is 3.41. The van der Waals surface area contributed by atoms with E-state index in [0.717, 1.165) is 12.3 Å². The van der Waals surface area contributed by atoms with Crippen molar-refractivity contribution in [1.29, 1.82) is 0 Å². The molecule has 10 heteroatoms. The number of aryl methyl sites for hydroxylation is 1. The first-order valence-electron chi connectivity index (χ1n) is 7.17. The average Bonchev–Trinajstić information content (AvgIpc) is 2.89. The molecular formula is C15H12ClF3N4OS. The molecule has 0 saturated heterocycles. The molecular weight excluding hydrogens is 377 g/mol. The van der Waals surface area contributed by atoms with E-state index in [1.54, 1.807) is 24.6 Å². The van der Waals surface area contributed by atoms with Gasteiger partial charge in [0, 0.05) is 12.8 Å². The van der Waals surface area contributed by atoms with Gasteiger partial charge in [-0.3, -0.25) is 4.21 Å². The number of hydrogen-bond donors (Lipinski definition) is 0. The van der Waals surface area contributed by atoms with E-state index in [0.29, 0.717) is 16.2 Å². The van der Waals surface area contributed by atoms with Gasteiger partial charge in [-0.15, -0.1) is 0 Å². The van der Waals surface area contributed by atoms with Crippen molar-refractivity contribution >= 4 is 33.4 Å². The maximum absolute atomic E-state index is 12.8. The maximum atomic E-state index is 12.8. The lowest BCUT2D eigenvalue weighted by Crippen LogP contribution is -2.07. The van der Waals surface area contributed by atoms with Gasteiger partial charge in [0.1, 0.15) is 16.5 Å². The number of hydrogen-bond acceptors (Lipinski definition) is 4. The van der Waals surface area contributed by atoms with E-state index in [1.165, 1.54) is 6.07 Å². The van der Waals surface area contributed by atoms with Crippen molar-refractivity contribution in [2.75, 3.05) is 5.75 Å². The number of halogens is 4. The smallest absolute Gasteiger partial charge is 0.324 e. The SMILES string of the molecule is CCS(=O)c1ccc(Cl)nc1-c1nc2cc(C(F)(F)F)ncc2n1C. The quantitative estimate of drug-likeness (QED) is 0.640. The summed E-state index contributed by atoms with van der Waals surface area (Å²) in [5, 5.41) is 0.174. The maximum Gasteiger partial charge on any atom is 0.433 e. The molecule has 1 atom stereocenters. The Hall–Kier alpha value is -2.00. The molecule has 3 aromatic rings. The number of aromatic nitrogens is 4. The van der Waals surface area contributed by atoms with Crippen molar-refractivity contribution < 1.29 is 17.4 Å². The van der Waals surface area contributed by atoms with Gasteiger partial charge in [0.05, 0.1) is 32.9 Å². The minimum Gasteiger partial charge on any atom is -0.324 e. The van der Waals surface area contributed by atoms with Crippen LogP contribution in [0.2, 0.25) is 5.15 Å². The van der Waals surface area contributed by atoms with Crippen molar-refractivity contribution in [3.05, 3.63) is 35.2 Å². The van der Waals surface area contributed by atoms with Crippen molar-refractivity contribution in [2.45, 2.75) is 18.0 Å². The summed E-state index contributed by atoms with van der Waals surface area (Å²) in [6.45, 7) is 1.75. The molecule has 0 saturated carbocycles. The Morgan fingerprint density at radius 3 is 2.64 bits per heavy atom. The van der Waals surface area contributed by atoms with E-state index < -0.39 is 22.7 Å². The van der Waals surface area contributed by atoms with Gasteiger partial charge in [-0.05, 0) is 18.2 Å². The molecule has 0 fully saturated rings. The first-order chi connectivity index (χ1) is 11.7. The molecule has 1 unspecified atom stereocenters. The molecule has 0 spiro atoms. The van der Waals surface area contributed by atoms with Crippen LogP contribution in [-0.2, 0) is 24.0 Å². The number of rotatable bonds is 3. The molecule has 0 aliphatic rings. The highest BCUT2D eigenvalue weighted by molar-refractivity contribution is 7.85. The van der Waals surface area contributed by atoms with Crippen LogP contribution in [-0.4, -0.2) is 29.5 Å². The van der Waals surface area contributed by atoms with E-state index in [4.69, 9.17) is 11.6 Å². The molecule has 0 aromatic carbocycles. The molecule has 3 aromatic heterocycles. The van der Waals surface area contributed by atoms with E-state index in [9.17, 15) is 17.4 Å². The number of nitrogens with zero attached hydrogens (tertiary/aromatic N) is 4. The van der Waals surface area contributed by atoms with Crippen molar-refractivity contribution in [3.8, 4) is 11.5 Å². The predicted molar refractivity (Wildman–Crippen MR) is 88.7 cm³/mol. The van der Waals surface area contributed by atoms with Crippen LogP contribution in [0.1, 0.15) is 12.6 Å². The molecule has 132 valence electrons. The Bertz CT molecular complexity index is 987. The highest BCUT2D eigenvalue weighted by Crippen LogP contribution is 2.32. The topological polar surface area (TPSA) is 60.7 Å². The molecule has 25 heavy (non-hydrogen) atoms. The third kappa shape index (κ3) is 3.25. The molecule has 3 rings (SSSR count). The number of pyridine rings is 2. The Balaban J connectivity index is 2.25. The standard InChI is InChI=1S/C15H12ClF3N4OS/c1-3-25(24)10-4-5-12(16)22-13(10)14-21-8-6-11(15(17,18)19)20-7-9(8)23(14)2/h4-7H,3H2,1-2H3. The van der Waals surface area contributed by atoms with Crippen molar-refractivity contribution in [3.63, 3.8) is 0 Å².